The van der Waals surface area contributed by atoms with Crippen molar-refractivity contribution in [3.05, 3.63) is 29.8 Å². The zero-order valence-corrected chi connectivity index (χ0v) is 9.49. The molecule has 16 heavy (non-hydrogen) atoms. The van der Waals surface area contributed by atoms with Crippen LogP contribution < -0.4 is 15.4 Å². The van der Waals surface area contributed by atoms with Crippen LogP contribution in [0.1, 0.15) is 18.5 Å². The van der Waals surface area contributed by atoms with E-state index >= 15 is 0 Å². The van der Waals surface area contributed by atoms with Gasteiger partial charge in [0.25, 0.3) is 0 Å². The zero-order valence-electron chi connectivity index (χ0n) is 9.49. The highest BCUT2D eigenvalue weighted by molar-refractivity contribution is 5.84. The van der Waals surface area contributed by atoms with Crippen molar-refractivity contribution in [3.63, 3.8) is 0 Å². The number of ether oxygens (including phenoxy) is 1. The monoisotopic (exact) mass is 220 g/mol. The van der Waals surface area contributed by atoms with Crippen molar-refractivity contribution >= 4 is 5.91 Å². The van der Waals surface area contributed by atoms with Crippen molar-refractivity contribution in [2.45, 2.75) is 19.0 Å². The van der Waals surface area contributed by atoms with Crippen LogP contribution >= 0.6 is 0 Å². The van der Waals surface area contributed by atoms with Crippen LogP contribution in [0, 0.1) is 0 Å². The van der Waals surface area contributed by atoms with Crippen LogP contribution in [0.25, 0.3) is 0 Å². The van der Waals surface area contributed by atoms with E-state index in [0.29, 0.717) is 0 Å². The molecule has 0 aliphatic carbocycles. The minimum atomic E-state index is -0.272. The summed E-state index contributed by atoms with van der Waals surface area (Å²) in [6.07, 6.45) is 0. The zero-order chi connectivity index (χ0) is 11.5. The summed E-state index contributed by atoms with van der Waals surface area (Å²) in [5.41, 5.74) is 0.934. The summed E-state index contributed by atoms with van der Waals surface area (Å²) >= 11 is 0. The van der Waals surface area contributed by atoms with Crippen LogP contribution in [0.4, 0.5) is 0 Å². The predicted molar refractivity (Wildman–Crippen MR) is 61.3 cm³/mol. The lowest BCUT2D eigenvalue weighted by Crippen LogP contribution is -2.52. The second-order valence-electron chi connectivity index (χ2n) is 4.03. The van der Waals surface area contributed by atoms with E-state index in [0.717, 1.165) is 17.9 Å². The molecular formula is C12H16N2O2. The Morgan fingerprint density at radius 2 is 2.25 bits per heavy atom. The maximum atomic E-state index is 11.8. The number of hydrogen-bond donors (Lipinski definition) is 2. The first-order valence-electron chi connectivity index (χ1n) is 5.38. The van der Waals surface area contributed by atoms with Crippen LogP contribution in [0.3, 0.4) is 0 Å². The molecule has 1 aliphatic rings. The van der Waals surface area contributed by atoms with Crippen molar-refractivity contribution in [2.24, 2.45) is 0 Å². The molecule has 0 saturated carbocycles. The molecule has 1 aromatic carbocycles. The molecule has 0 radical (unpaired) electrons. The van der Waals surface area contributed by atoms with Gasteiger partial charge in [0.1, 0.15) is 11.8 Å². The molecule has 1 fully saturated rings. The number of carbonyl (C=O) groups is 1. The fourth-order valence-corrected chi connectivity index (χ4v) is 1.85. The molecule has 4 nitrogen and oxygen atoms in total. The molecular weight excluding hydrogens is 204 g/mol. The standard InChI is InChI=1S/C12H16N2O2/c1-8-7-13-11(12(15)14-8)9-4-3-5-10(6-9)16-2/h3-6,8,11,13H,7H2,1-2H3,(H,14,15). The minimum Gasteiger partial charge on any atom is -0.497 e. The lowest BCUT2D eigenvalue weighted by molar-refractivity contribution is -0.125. The minimum absolute atomic E-state index is 0.0204. The van der Waals surface area contributed by atoms with Crippen LogP contribution in [0.2, 0.25) is 0 Å². The number of benzene rings is 1. The summed E-state index contributed by atoms with van der Waals surface area (Å²) in [6, 6.07) is 7.48. The van der Waals surface area contributed by atoms with Gasteiger partial charge in [0.15, 0.2) is 0 Å². The average Bonchev–Trinajstić information content (AvgIpc) is 2.29. The van der Waals surface area contributed by atoms with Crippen LogP contribution in [0.15, 0.2) is 24.3 Å². The van der Waals surface area contributed by atoms with Gasteiger partial charge in [-0.3, -0.25) is 4.79 Å². The maximum absolute atomic E-state index is 11.8. The fourth-order valence-electron chi connectivity index (χ4n) is 1.85. The van der Waals surface area contributed by atoms with Crippen molar-refractivity contribution in [2.75, 3.05) is 13.7 Å². The first-order chi connectivity index (χ1) is 7.70. The SMILES string of the molecule is COc1cccc(C2NCC(C)NC2=O)c1. The number of methoxy groups -OCH3 is 1. The first-order valence-corrected chi connectivity index (χ1v) is 5.38. The van der Waals surface area contributed by atoms with Gasteiger partial charge in [-0.15, -0.1) is 0 Å². The van der Waals surface area contributed by atoms with E-state index in [1.54, 1.807) is 7.11 Å². The van der Waals surface area contributed by atoms with Gasteiger partial charge in [-0.05, 0) is 24.6 Å². The number of amides is 1. The highest BCUT2D eigenvalue weighted by Gasteiger charge is 2.26. The van der Waals surface area contributed by atoms with E-state index in [2.05, 4.69) is 10.6 Å². The fraction of sp³-hybridized carbons (Fsp3) is 0.417. The third-order valence-electron chi connectivity index (χ3n) is 2.71. The number of piperazine rings is 1. The molecule has 1 heterocycles. The average molecular weight is 220 g/mol. The highest BCUT2D eigenvalue weighted by atomic mass is 16.5. The van der Waals surface area contributed by atoms with Crippen LogP contribution in [-0.4, -0.2) is 25.6 Å². The van der Waals surface area contributed by atoms with Crippen molar-refractivity contribution in [1.29, 1.82) is 0 Å². The van der Waals surface area contributed by atoms with E-state index in [1.807, 2.05) is 31.2 Å². The van der Waals surface area contributed by atoms with Crippen molar-refractivity contribution in [1.82, 2.24) is 10.6 Å². The number of hydrogen-bond acceptors (Lipinski definition) is 3. The third-order valence-corrected chi connectivity index (χ3v) is 2.71. The Bertz CT molecular complexity index is 392. The summed E-state index contributed by atoms with van der Waals surface area (Å²) in [5, 5.41) is 6.14. The molecule has 0 bridgehead atoms. The Morgan fingerprint density at radius 1 is 1.44 bits per heavy atom. The van der Waals surface area contributed by atoms with Gasteiger partial charge in [-0.1, -0.05) is 12.1 Å². The van der Waals surface area contributed by atoms with E-state index < -0.39 is 0 Å². The predicted octanol–water partition coefficient (Wildman–Crippen LogP) is 0.844. The summed E-state index contributed by atoms with van der Waals surface area (Å²) in [7, 11) is 1.62. The highest BCUT2D eigenvalue weighted by Crippen LogP contribution is 2.20. The molecule has 0 aromatic heterocycles. The quantitative estimate of drug-likeness (QED) is 0.776. The molecule has 86 valence electrons. The maximum Gasteiger partial charge on any atom is 0.241 e. The Labute approximate surface area is 95.0 Å². The summed E-state index contributed by atoms with van der Waals surface area (Å²) < 4.78 is 5.14. The van der Waals surface area contributed by atoms with Gasteiger partial charge in [0, 0.05) is 12.6 Å². The largest absolute Gasteiger partial charge is 0.497 e. The Hall–Kier alpha value is -1.55. The van der Waals surface area contributed by atoms with E-state index in [4.69, 9.17) is 4.74 Å². The molecule has 0 spiro atoms. The van der Waals surface area contributed by atoms with Crippen LogP contribution in [0.5, 0.6) is 5.75 Å². The Kier molecular flexibility index (Phi) is 3.10. The van der Waals surface area contributed by atoms with Gasteiger partial charge < -0.3 is 15.4 Å². The van der Waals surface area contributed by atoms with Gasteiger partial charge in [0.05, 0.1) is 7.11 Å². The van der Waals surface area contributed by atoms with Crippen molar-refractivity contribution in [3.8, 4) is 5.75 Å². The molecule has 2 unspecified atom stereocenters. The lowest BCUT2D eigenvalue weighted by Gasteiger charge is -2.28. The molecule has 1 aliphatic heterocycles. The van der Waals surface area contributed by atoms with E-state index in [9.17, 15) is 4.79 Å². The Morgan fingerprint density at radius 3 is 2.94 bits per heavy atom. The smallest absolute Gasteiger partial charge is 0.241 e. The Balaban J connectivity index is 2.20. The summed E-state index contributed by atoms with van der Waals surface area (Å²) in [4.78, 5) is 11.8. The molecule has 1 aromatic rings. The van der Waals surface area contributed by atoms with Gasteiger partial charge in [-0.2, -0.15) is 0 Å². The molecule has 1 saturated heterocycles. The molecule has 2 rings (SSSR count). The first kappa shape index (κ1) is 11.0. The van der Waals surface area contributed by atoms with Gasteiger partial charge in [-0.25, -0.2) is 0 Å². The topological polar surface area (TPSA) is 50.4 Å². The van der Waals surface area contributed by atoms with Gasteiger partial charge >= 0.3 is 0 Å². The molecule has 1 amide bonds. The third kappa shape index (κ3) is 2.17. The molecule has 2 N–H and O–H groups in total. The van der Waals surface area contributed by atoms with Gasteiger partial charge in [0.2, 0.25) is 5.91 Å². The molecule has 4 heteroatoms. The lowest BCUT2D eigenvalue weighted by atomic mass is 10.0. The van der Waals surface area contributed by atoms with Crippen LogP contribution in [-0.2, 0) is 4.79 Å². The number of nitrogens with one attached hydrogen (secondary N) is 2. The normalized spacial score (nSPS) is 25.0. The molecule has 2 atom stereocenters. The van der Waals surface area contributed by atoms with E-state index in [1.165, 1.54) is 0 Å². The second kappa shape index (κ2) is 4.53. The van der Waals surface area contributed by atoms with E-state index in [-0.39, 0.29) is 18.0 Å². The number of carbonyl (C=O) groups excluding carboxylic acids is 1. The number of rotatable bonds is 2. The second-order valence-corrected chi connectivity index (χ2v) is 4.03. The van der Waals surface area contributed by atoms with Crippen molar-refractivity contribution < 1.29 is 9.53 Å². The summed E-state index contributed by atoms with van der Waals surface area (Å²) in [6.45, 7) is 2.76. The summed E-state index contributed by atoms with van der Waals surface area (Å²) in [5.74, 6) is 0.790.